The van der Waals surface area contributed by atoms with Crippen LogP contribution in [0.15, 0.2) is 42.5 Å². The minimum Gasteiger partial charge on any atom is -0.393 e. The van der Waals surface area contributed by atoms with Crippen LogP contribution < -0.4 is 11.1 Å². The Balaban J connectivity index is 2.12. The summed E-state index contributed by atoms with van der Waals surface area (Å²) in [6, 6.07) is 11.5. The van der Waals surface area contributed by atoms with E-state index in [-0.39, 0.29) is 5.56 Å². The first-order valence-corrected chi connectivity index (χ1v) is 6.81. The van der Waals surface area contributed by atoms with E-state index in [4.69, 9.17) is 18.0 Å². The van der Waals surface area contributed by atoms with Crippen LogP contribution >= 0.6 is 12.2 Å². The molecule has 5 heteroatoms. The van der Waals surface area contributed by atoms with Crippen molar-refractivity contribution in [3.05, 3.63) is 65.0 Å². The lowest BCUT2D eigenvalue weighted by atomic mass is 10.1. The number of anilines is 1. The van der Waals surface area contributed by atoms with E-state index in [1.54, 1.807) is 25.1 Å². The number of thiocarbonyl (C=S) groups is 1. The monoisotopic (exact) mass is 302 g/mol. The van der Waals surface area contributed by atoms with E-state index in [0.717, 1.165) is 11.1 Å². The van der Waals surface area contributed by atoms with Gasteiger partial charge in [0, 0.05) is 12.1 Å². The lowest BCUT2D eigenvalue weighted by molar-refractivity contribution is 0.102. The Kier molecular flexibility index (Phi) is 4.65. The number of carbonyl (C=O) groups is 1. The average molecular weight is 302 g/mol. The summed E-state index contributed by atoms with van der Waals surface area (Å²) in [7, 11) is 0. The molecular formula is C16H15FN2OS. The Morgan fingerprint density at radius 3 is 2.52 bits per heavy atom. The van der Waals surface area contributed by atoms with Crippen LogP contribution in [0.4, 0.5) is 10.1 Å². The summed E-state index contributed by atoms with van der Waals surface area (Å²) >= 11 is 4.84. The van der Waals surface area contributed by atoms with Gasteiger partial charge < -0.3 is 11.1 Å². The average Bonchev–Trinajstić information content (AvgIpc) is 2.43. The maximum absolute atomic E-state index is 13.6. The summed E-state index contributed by atoms with van der Waals surface area (Å²) in [4.78, 5) is 12.5. The number of hydrogen-bond acceptors (Lipinski definition) is 2. The molecule has 0 saturated heterocycles. The molecule has 0 spiro atoms. The van der Waals surface area contributed by atoms with Crippen molar-refractivity contribution in [2.24, 2.45) is 5.73 Å². The first kappa shape index (κ1) is 15.1. The number of nitrogens with two attached hydrogens (primary N) is 1. The summed E-state index contributed by atoms with van der Waals surface area (Å²) in [5.74, 6) is -1.01. The van der Waals surface area contributed by atoms with Crippen molar-refractivity contribution in [3.63, 3.8) is 0 Å². The molecule has 0 aromatic heterocycles. The zero-order valence-electron chi connectivity index (χ0n) is 11.5. The van der Waals surface area contributed by atoms with Crippen LogP contribution in [0, 0.1) is 12.7 Å². The van der Waals surface area contributed by atoms with Crippen LogP contribution in [0.2, 0.25) is 0 Å². The predicted molar refractivity (Wildman–Crippen MR) is 86.0 cm³/mol. The number of carbonyl (C=O) groups excluding carboxylic acids is 1. The summed E-state index contributed by atoms with van der Waals surface area (Å²) in [6.07, 6.45) is 0.510. The Morgan fingerprint density at radius 1 is 1.24 bits per heavy atom. The molecule has 3 N–H and O–H groups in total. The highest BCUT2D eigenvalue weighted by molar-refractivity contribution is 7.80. The van der Waals surface area contributed by atoms with E-state index in [2.05, 4.69) is 5.32 Å². The normalized spacial score (nSPS) is 10.2. The molecule has 0 aliphatic heterocycles. The van der Waals surface area contributed by atoms with Crippen LogP contribution in [0.3, 0.4) is 0 Å². The van der Waals surface area contributed by atoms with Gasteiger partial charge >= 0.3 is 0 Å². The SMILES string of the molecule is Cc1ccc(F)c(C(=O)Nc2ccc(CC(N)=S)cc2)c1. The van der Waals surface area contributed by atoms with Crippen molar-refractivity contribution in [1.82, 2.24) is 0 Å². The number of nitrogens with one attached hydrogen (secondary N) is 1. The van der Waals surface area contributed by atoms with Gasteiger partial charge in [-0.15, -0.1) is 0 Å². The summed E-state index contributed by atoms with van der Waals surface area (Å²) in [6.45, 7) is 1.81. The Morgan fingerprint density at radius 2 is 1.90 bits per heavy atom. The van der Waals surface area contributed by atoms with Crippen LogP contribution in [0.1, 0.15) is 21.5 Å². The second kappa shape index (κ2) is 6.45. The van der Waals surface area contributed by atoms with E-state index in [9.17, 15) is 9.18 Å². The second-order valence-electron chi connectivity index (χ2n) is 4.78. The molecular weight excluding hydrogens is 287 g/mol. The number of amides is 1. The maximum Gasteiger partial charge on any atom is 0.258 e. The Bertz CT molecular complexity index is 683. The maximum atomic E-state index is 13.6. The third-order valence-electron chi connectivity index (χ3n) is 2.96. The Hall–Kier alpha value is -2.27. The number of aryl methyl sites for hydroxylation is 1. The predicted octanol–water partition coefficient (Wildman–Crippen LogP) is 3.22. The first-order chi connectivity index (χ1) is 9.95. The molecule has 0 aliphatic rings. The van der Waals surface area contributed by atoms with Crippen molar-refractivity contribution in [3.8, 4) is 0 Å². The van der Waals surface area contributed by atoms with Gasteiger partial charge in [-0.05, 0) is 36.8 Å². The molecule has 0 unspecified atom stereocenters. The number of benzene rings is 2. The highest BCUT2D eigenvalue weighted by Gasteiger charge is 2.12. The molecule has 108 valence electrons. The number of rotatable bonds is 4. The molecule has 3 nitrogen and oxygen atoms in total. The molecule has 2 rings (SSSR count). The van der Waals surface area contributed by atoms with Gasteiger partial charge in [0.05, 0.1) is 10.6 Å². The molecule has 0 heterocycles. The zero-order valence-corrected chi connectivity index (χ0v) is 12.3. The molecule has 0 atom stereocenters. The fraction of sp³-hybridized carbons (Fsp3) is 0.125. The van der Waals surface area contributed by atoms with Gasteiger partial charge in [-0.3, -0.25) is 4.79 Å². The van der Waals surface area contributed by atoms with Gasteiger partial charge in [-0.25, -0.2) is 4.39 Å². The molecule has 21 heavy (non-hydrogen) atoms. The minimum absolute atomic E-state index is 0.0298. The lowest BCUT2D eigenvalue weighted by Crippen LogP contribution is -2.14. The van der Waals surface area contributed by atoms with Gasteiger partial charge in [-0.2, -0.15) is 0 Å². The molecule has 0 radical (unpaired) electrons. The molecule has 0 aliphatic carbocycles. The summed E-state index contributed by atoms with van der Waals surface area (Å²) in [5.41, 5.74) is 7.88. The smallest absolute Gasteiger partial charge is 0.258 e. The van der Waals surface area contributed by atoms with E-state index in [1.807, 2.05) is 12.1 Å². The molecule has 0 saturated carbocycles. The third-order valence-corrected chi connectivity index (χ3v) is 3.10. The molecule has 0 fully saturated rings. The van der Waals surface area contributed by atoms with Crippen LogP contribution in [-0.2, 0) is 6.42 Å². The summed E-state index contributed by atoms with van der Waals surface area (Å²) in [5, 5.41) is 2.66. The van der Waals surface area contributed by atoms with Gasteiger partial charge in [0.1, 0.15) is 5.82 Å². The van der Waals surface area contributed by atoms with E-state index in [0.29, 0.717) is 17.1 Å². The number of halogens is 1. The van der Waals surface area contributed by atoms with Gasteiger partial charge in [0.15, 0.2) is 0 Å². The van der Waals surface area contributed by atoms with Gasteiger partial charge in [-0.1, -0.05) is 36.0 Å². The van der Waals surface area contributed by atoms with Crippen LogP contribution in [0.25, 0.3) is 0 Å². The quantitative estimate of drug-likeness (QED) is 0.853. The molecule has 1 amide bonds. The van der Waals surface area contributed by atoms with Crippen molar-refractivity contribution in [2.45, 2.75) is 13.3 Å². The standard InChI is InChI=1S/C16H15FN2OS/c1-10-2-7-14(17)13(8-10)16(20)19-12-5-3-11(4-6-12)9-15(18)21/h2-8H,9H2,1H3,(H2,18,21)(H,19,20). The molecule has 2 aromatic rings. The van der Waals surface area contributed by atoms with Crippen molar-refractivity contribution >= 4 is 28.8 Å². The van der Waals surface area contributed by atoms with E-state index >= 15 is 0 Å². The van der Waals surface area contributed by atoms with Crippen molar-refractivity contribution in [1.29, 1.82) is 0 Å². The highest BCUT2D eigenvalue weighted by Crippen LogP contribution is 2.15. The Labute approximate surface area is 128 Å². The minimum atomic E-state index is -0.539. The molecule has 2 aromatic carbocycles. The van der Waals surface area contributed by atoms with Crippen molar-refractivity contribution < 1.29 is 9.18 Å². The first-order valence-electron chi connectivity index (χ1n) is 6.40. The fourth-order valence-corrected chi connectivity index (χ4v) is 2.09. The van der Waals surface area contributed by atoms with Crippen LogP contribution in [-0.4, -0.2) is 10.9 Å². The van der Waals surface area contributed by atoms with Gasteiger partial charge in [0.25, 0.3) is 5.91 Å². The second-order valence-corrected chi connectivity index (χ2v) is 5.30. The topological polar surface area (TPSA) is 55.1 Å². The fourth-order valence-electron chi connectivity index (χ4n) is 1.92. The summed E-state index contributed by atoms with van der Waals surface area (Å²) < 4.78 is 13.6. The number of hydrogen-bond donors (Lipinski definition) is 2. The van der Waals surface area contributed by atoms with Crippen LogP contribution in [0.5, 0.6) is 0 Å². The van der Waals surface area contributed by atoms with E-state index < -0.39 is 11.7 Å². The third kappa shape index (κ3) is 4.10. The van der Waals surface area contributed by atoms with Crippen molar-refractivity contribution in [2.75, 3.05) is 5.32 Å². The molecule has 0 bridgehead atoms. The lowest BCUT2D eigenvalue weighted by Gasteiger charge is -2.08. The van der Waals surface area contributed by atoms with Gasteiger partial charge in [0.2, 0.25) is 0 Å². The highest BCUT2D eigenvalue weighted by atomic mass is 32.1. The largest absolute Gasteiger partial charge is 0.393 e. The zero-order chi connectivity index (χ0) is 15.4. The van der Waals surface area contributed by atoms with E-state index in [1.165, 1.54) is 12.1 Å².